The summed E-state index contributed by atoms with van der Waals surface area (Å²) < 4.78 is 0. The van der Waals surface area contributed by atoms with E-state index < -0.39 is 24.2 Å². The lowest BCUT2D eigenvalue weighted by molar-refractivity contribution is -0.141. The molecule has 0 bridgehead atoms. The Bertz CT molecular complexity index is 300. The van der Waals surface area contributed by atoms with Gasteiger partial charge in [0.15, 0.2) is 6.10 Å². The van der Waals surface area contributed by atoms with Gasteiger partial charge in [-0.25, -0.2) is 0 Å². The van der Waals surface area contributed by atoms with Gasteiger partial charge in [-0.05, 0) is 32.1 Å². The van der Waals surface area contributed by atoms with Crippen LogP contribution in [0.1, 0.15) is 39.0 Å². The van der Waals surface area contributed by atoms with Gasteiger partial charge in [0.2, 0.25) is 0 Å². The van der Waals surface area contributed by atoms with E-state index in [-0.39, 0.29) is 13.0 Å². The molecule has 5 N–H and O–H groups in total. The van der Waals surface area contributed by atoms with Crippen LogP contribution in [0.3, 0.4) is 0 Å². The van der Waals surface area contributed by atoms with Gasteiger partial charge in [0.05, 0.1) is 6.10 Å². The number of carbonyl (C=O) groups excluding carboxylic acids is 1. The number of hydrogen-bond acceptors (Lipinski definition) is 5. The molecule has 0 aromatic rings. The number of unbranched alkanes of at least 4 members (excludes halogenated alkanes) is 1. The summed E-state index contributed by atoms with van der Waals surface area (Å²) in [5, 5.41) is 40.8. The number of aliphatic hydroxyl groups is 4. The zero-order valence-corrected chi connectivity index (χ0v) is 12.9. The summed E-state index contributed by atoms with van der Waals surface area (Å²) in [6.07, 6.45) is -1.11. The number of rotatable bonds is 11. The Morgan fingerprint density at radius 1 is 1.25 bits per heavy atom. The Balaban J connectivity index is 3.88. The zero-order chi connectivity index (χ0) is 15.5. The van der Waals surface area contributed by atoms with Crippen LogP contribution in [-0.2, 0) is 4.79 Å². The predicted octanol–water partition coefficient (Wildman–Crippen LogP) is -0.537. The third-order valence-electron chi connectivity index (χ3n) is 3.04. The summed E-state index contributed by atoms with van der Waals surface area (Å²) >= 11 is 0. The van der Waals surface area contributed by atoms with E-state index in [4.69, 9.17) is 5.11 Å². The highest BCUT2D eigenvalue weighted by molar-refractivity contribution is 7.21. The lowest BCUT2D eigenvalue weighted by atomic mass is 10.0. The minimum Gasteiger partial charge on any atom is -0.396 e. The summed E-state index contributed by atoms with van der Waals surface area (Å²) in [5.74, 6) is -0.715. The van der Waals surface area contributed by atoms with Crippen LogP contribution < -0.4 is 5.32 Å². The first kappa shape index (κ1) is 19.5. The molecule has 0 aromatic carbocycles. The van der Waals surface area contributed by atoms with Crippen LogP contribution in [0, 0.1) is 0 Å². The molecule has 0 aromatic heterocycles. The maximum Gasteiger partial charge on any atom is 0.251 e. The molecule has 3 unspecified atom stereocenters. The van der Waals surface area contributed by atoms with Gasteiger partial charge in [0, 0.05) is 13.2 Å². The topological polar surface area (TPSA) is 110 Å². The first-order chi connectivity index (χ1) is 9.43. The van der Waals surface area contributed by atoms with Crippen molar-refractivity contribution in [3.05, 3.63) is 0 Å². The highest BCUT2D eigenvalue weighted by Crippen LogP contribution is 2.05. The van der Waals surface area contributed by atoms with Crippen molar-refractivity contribution < 1.29 is 25.2 Å². The smallest absolute Gasteiger partial charge is 0.251 e. The van der Waals surface area contributed by atoms with E-state index in [1.165, 1.54) is 5.29 Å². The first-order valence-electron chi connectivity index (χ1n) is 6.93. The van der Waals surface area contributed by atoms with Crippen LogP contribution in [0.2, 0.25) is 0 Å². The Kier molecular flexibility index (Phi) is 10.9. The van der Waals surface area contributed by atoms with Crippen LogP contribution in [0.4, 0.5) is 0 Å². The maximum absolute atomic E-state index is 11.5. The lowest BCUT2D eigenvalue weighted by Crippen LogP contribution is -2.47. The van der Waals surface area contributed by atoms with Crippen molar-refractivity contribution in [3.63, 3.8) is 0 Å². The van der Waals surface area contributed by atoms with Gasteiger partial charge >= 0.3 is 0 Å². The molecule has 0 aliphatic heterocycles. The normalized spacial score (nSPS) is 15.4. The van der Waals surface area contributed by atoms with Crippen molar-refractivity contribution >= 4 is 20.1 Å². The van der Waals surface area contributed by atoms with Crippen molar-refractivity contribution in [2.45, 2.75) is 57.3 Å². The van der Waals surface area contributed by atoms with Crippen LogP contribution in [0.5, 0.6) is 0 Å². The van der Waals surface area contributed by atoms with Crippen LogP contribution in [-0.4, -0.2) is 63.1 Å². The number of carbonyl (C=O) groups is 1. The van der Waals surface area contributed by atoms with Crippen molar-refractivity contribution in [1.82, 2.24) is 5.32 Å². The average Bonchev–Trinajstić information content (AvgIpc) is 2.44. The molecule has 0 radical (unpaired) electrons. The van der Waals surface area contributed by atoms with Gasteiger partial charge in [0.25, 0.3) is 5.91 Å². The Hall–Kier alpha value is -0.520. The fourth-order valence-electron chi connectivity index (χ4n) is 1.62. The maximum atomic E-state index is 11.5. The van der Waals surface area contributed by atoms with E-state index in [0.29, 0.717) is 6.54 Å². The lowest BCUT2D eigenvalue weighted by Gasteiger charge is -2.21. The molecule has 1 amide bonds. The van der Waals surface area contributed by atoms with E-state index in [2.05, 4.69) is 21.1 Å². The van der Waals surface area contributed by atoms with Crippen LogP contribution in [0.15, 0.2) is 0 Å². The molecular formula is C13H26NO5P. The second kappa shape index (κ2) is 11.2. The van der Waals surface area contributed by atoms with Crippen molar-refractivity contribution in [3.8, 4) is 0 Å². The summed E-state index contributed by atoms with van der Waals surface area (Å²) in [7, 11) is 3.49. The van der Waals surface area contributed by atoms with Crippen molar-refractivity contribution in [2.75, 3.05) is 13.2 Å². The number of aliphatic hydroxyl groups excluding tert-OH is 4. The van der Waals surface area contributed by atoms with E-state index in [1.807, 2.05) is 0 Å². The standard InChI is InChI=1S/C13H26NO5P/c1-2-9(20)5-3-4-7-14-13(19)12(18)11(17)10(16)6-8-15/h10-12,15-18,20H,2-8H2,1H3,(H,14,19). The van der Waals surface area contributed by atoms with Crippen LogP contribution >= 0.6 is 8.86 Å². The quantitative estimate of drug-likeness (QED) is 0.260. The summed E-state index contributed by atoms with van der Waals surface area (Å²) in [4.78, 5) is 11.5. The summed E-state index contributed by atoms with van der Waals surface area (Å²) in [6.45, 7) is 2.14. The second-order valence-corrected chi connectivity index (χ2v) is 5.43. The summed E-state index contributed by atoms with van der Waals surface area (Å²) in [6, 6.07) is 0. The molecule has 6 nitrogen and oxygen atoms in total. The molecule has 7 heteroatoms. The number of hydrogen-bond donors (Lipinski definition) is 5. The second-order valence-electron chi connectivity index (χ2n) is 4.72. The molecule has 0 aliphatic rings. The molecule has 0 saturated heterocycles. The van der Waals surface area contributed by atoms with Gasteiger partial charge in [-0.15, -0.1) is 8.86 Å². The van der Waals surface area contributed by atoms with E-state index >= 15 is 0 Å². The number of nitrogens with one attached hydrogen (secondary N) is 1. The molecular weight excluding hydrogens is 281 g/mol. The third kappa shape index (κ3) is 7.92. The van der Waals surface area contributed by atoms with E-state index in [1.54, 1.807) is 0 Å². The highest BCUT2D eigenvalue weighted by Gasteiger charge is 2.29. The molecule has 118 valence electrons. The fourth-order valence-corrected chi connectivity index (χ4v) is 1.80. The molecule has 0 fully saturated rings. The van der Waals surface area contributed by atoms with E-state index in [0.717, 1.165) is 25.7 Å². The molecule has 0 spiro atoms. The van der Waals surface area contributed by atoms with Gasteiger partial charge in [-0.2, -0.15) is 0 Å². The molecule has 0 rings (SSSR count). The fraction of sp³-hybridized carbons (Fsp3) is 0.846. The third-order valence-corrected chi connectivity index (χ3v) is 3.65. The van der Waals surface area contributed by atoms with E-state index in [9.17, 15) is 20.1 Å². The predicted molar refractivity (Wildman–Crippen MR) is 80.2 cm³/mol. The highest BCUT2D eigenvalue weighted by atomic mass is 31.0. The Morgan fingerprint density at radius 3 is 2.45 bits per heavy atom. The van der Waals surface area contributed by atoms with Gasteiger partial charge in [-0.1, -0.05) is 12.2 Å². The zero-order valence-electron chi connectivity index (χ0n) is 11.9. The monoisotopic (exact) mass is 307 g/mol. The minimum atomic E-state index is -1.69. The largest absolute Gasteiger partial charge is 0.396 e. The average molecular weight is 307 g/mol. The molecule has 20 heavy (non-hydrogen) atoms. The SMILES string of the molecule is CCC(=P)CCCCNC(=O)C(O)C(O)C(O)CCO. The van der Waals surface area contributed by atoms with Gasteiger partial charge < -0.3 is 25.7 Å². The molecule has 0 heterocycles. The molecule has 0 aliphatic carbocycles. The molecule has 0 saturated carbocycles. The first-order valence-corrected chi connectivity index (χ1v) is 7.43. The van der Waals surface area contributed by atoms with Crippen molar-refractivity contribution in [1.29, 1.82) is 0 Å². The summed E-state index contributed by atoms with van der Waals surface area (Å²) in [5.41, 5.74) is 0. The minimum absolute atomic E-state index is 0.0911. The Morgan fingerprint density at radius 2 is 1.90 bits per heavy atom. The Labute approximate surface area is 122 Å². The van der Waals surface area contributed by atoms with Gasteiger partial charge in [-0.3, -0.25) is 4.79 Å². The number of amides is 1. The van der Waals surface area contributed by atoms with Crippen LogP contribution in [0.25, 0.3) is 0 Å². The van der Waals surface area contributed by atoms with Gasteiger partial charge in [0.1, 0.15) is 6.10 Å². The molecule has 3 atom stereocenters. The van der Waals surface area contributed by atoms with Crippen molar-refractivity contribution in [2.24, 2.45) is 0 Å².